The first-order valence-corrected chi connectivity index (χ1v) is 6.68. The summed E-state index contributed by atoms with van der Waals surface area (Å²) in [6.45, 7) is 2.83. The monoisotopic (exact) mass is 240 g/mol. The van der Waals surface area contributed by atoms with E-state index in [0.717, 1.165) is 25.0 Å². The highest BCUT2D eigenvalue weighted by Crippen LogP contribution is 2.25. The molecule has 0 unspecified atom stereocenters. The molecule has 5 heteroatoms. The van der Waals surface area contributed by atoms with Gasteiger partial charge >= 0.3 is 0 Å². The first kappa shape index (κ1) is 11.5. The minimum atomic E-state index is -0.0678. The zero-order chi connectivity index (χ0) is 11.5. The lowest BCUT2D eigenvalue weighted by Gasteiger charge is -2.07. The van der Waals surface area contributed by atoms with Crippen LogP contribution in [0, 0.1) is 0 Å². The van der Waals surface area contributed by atoms with E-state index in [2.05, 4.69) is 11.9 Å². The van der Waals surface area contributed by atoms with E-state index >= 15 is 0 Å². The number of unbranched alkanes of at least 4 members (excludes halogenated alkanes) is 2. The van der Waals surface area contributed by atoms with Crippen LogP contribution in [0.3, 0.4) is 0 Å². The molecular formula is C11H16N2O2S. The Labute approximate surface area is 98.7 Å². The van der Waals surface area contributed by atoms with Gasteiger partial charge in [-0.2, -0.15) is 4.98 Å². The first-order valence-electron chi connectivity index (χ1n) is 5.69. The fourth-order valence-electron chi connectivity index (χ4n) is 1.87. The molecule has 1 N–H and O–H groups in total. The van der Waals surface area contributed by atoms with Gasteiger partial charge in [-0.15, -0.1) is 0 Å². The maximum absolute atomic E-state index is 12.0. The standard InChI is InChI=1S/C11H16N2O2S/c1-2-3-4-5-8-9(14)12-11-13(10(8)15)6-7-16-11/h14H,2-7H2,1H3. The number of hydrogen-bond donors (Lipinski definition) is 1. The SMILES string of the molecule is CCCCCc1c(O)nc2n(c1=O)CCS2. The topological polar surface area (TPSA) is 55.1 Å². The summed E-state index contributed by atoms with van der Waals surface area (Å²) in [5.74, 6) is 0.807. The van der Waals surface area contributed by atoms with Crippen molar-refractivity contribution in [1.82, 2.24) is 9.55 Å². The normalized spacial score (nSPS) is 14.1. The molecule has 1 aliphatic heterocycles. The van der Waals surface area contributed by atoms with E-state index in [-0.39, 0.29) is 11.4 Å². The molecule has 88 valence electrons. The van der Waals surface area contributed by atoms with Crippen LogP contribution in [0.25, 0.3) is 0 Å². The molecule has 0 spiro atoms. The maximum atomic E-state index is 12.0. The lowest BCUT2D eigenvalue weighted by Crippen LogP contribution is -2.24. The Morgan fingerprint density at radius 2 is 2.31 bits per heavy atom. The minimum absolute atomic E-state index is 0.0522. The van der Waals surface area contributed by atoms with Gasteiger partial charge in [0.05, 0.1) is 5.56 Å². The van der Waals surface area contributed by atoms with Crippen molar-refractivity contribution in [2.24, 2.45) is 0 Å². The highest BCUT2D eigenvalue weighted by Gasteiger charge is 2.19. The first-order chi connectivity index (χ1) is 7.74. The van der Waals surface area contributed by atoms with Crippen LogP contribution in [0.2, 0.25) is 0 Å². The Hall–Kier alpha value is -0.970. The van der Waals surface area contributed by atoms with E-state index in [9.17, 15) is 9.90 Å². The van der Waals surface area contributed by atoms with E-state index in [1.54, 1.807) is 4.57 Å². The van der Waals surface area contributed by atoms with Crippen molar-refractivity contribution in [2.75, 3.05) is 5.75 Å². The number of nitrogens with zero attached hydrogens (tertiary/aromatic N) is 2. The lowest BCUT2D eigenvalue weighted by atomic mass is 10.1. The lowest BCUT2D eigenvalue weighted by molar-refractivity contribution is 0.425. The molecule has 0 bridgehead atoms. The summed E-state index contributed by atoms with van der Waals surface area (Å²) in [5.41, 5.74) is 0.434. The van der Waals surface area contributed by atoms with Crippen LogP contribution in [0.15, 0.2) is 9.95 Å². The van der Waals surface area contributed by atoms with Crippen molar-refractivity contribution >= 4 is 11.8 Å². The Morgan fingerprint density at radius 3 is 3.06 bits per heavy atom. The van der Waals surface area contributed by atoms with Gasteiger partial charge in [0.2, 0.25) is 5.88 Å². The van der Waals surface area contributed by atoms with Crippen LogP contribution in [0.1, 0.15) is 31.7 Å². The Balaban J connectivity index is 2.28. The average Bonchev–Trinajstić information content (AvgIpc) is 2.71. The number of hydrogen-bond acceptors (Lipinski definition) is 4. The zero-order valence-electron chi connectivity index (χ0n) is 9.40. The number of aromatic hydroxyl groups is 1. The highest BCUT2D eigenvalue weighted by molar-refractivity contribution is 7.99. The van der Waals surface area contributed by atoms with Crippen molar-refractivity contribution < 1.29 is 5.11 Å². The van der Waals surface area contributed by atoms with Crippen molar-refractivity contribution in [3.63, 3.8) is 0 Å². The average molecular weight is 240 g/mol. The minimum Gasteiger partial charge on any atom is -0.493 e. The number of rotatable bonds is 4. The van der Waals surface area contributed by atoms with Gasteiger partial charge in [0.15, 0.2) is 5.16 Å². The summed E-state index contributed by atoms with van der Waals surface area (Å²) in [6, 6.07) is 0. The molecule has 2 rings (SSSR count). The van der Waals surface area contributed by atoms with E-state index in [1.165, 1.54) is 11.8 Å². The quantitative estimate of drug-likeness (QED) is 0.644. The molecule has 16 heavy (non-hydrogen) atoms. The van der Waals surface area contributed by atoms with Crippen LogP contribution >= 0.6 is 11.8 Å². The van der Waals surface area contributed by atoms with Crippen molar-refractivity contribution in [3.05, 3.63) is 15.9 Å². The van der Waals surface area contributed by atoms with E-state index in [4.69, 9.17) is 0 Å². The molecular weight excluding hydrogens is 224 g/mol. The summed E-state index contributed by atoms with van der Waals surface area (Å²) in [6.07, 6.45) is 3.76. The second-order valence-corrected chi connectivity index (χ2v) is 5.02. The second-order valence-electron chi connectivity index (χ2n) is 3.96. The third-order valence-corrected chi connectivity index (χ3v) is 3.74. The van der Waals surface area contributed by atoms with Crippen molar-refractivity contribution in [2.45, 2.75) is 44.3 Å². The largest absolute Gasteiger partial charge is 0.493 e. The molecule has 0 atom stereocenters. The summed E-state index contributed by atoms with van der Waals surface area (Å²) < 4.78 is 1.67. The second kappa shape index (κ2) is 4.91. The third-order valence-electron chi connectivity index (χ3n) is 2.78. The summed E-state index contributed by atoms with van der Waals surface area (Å²) in [5, 5.41) is 10.4. The summed E-state index contributed by atoms with van der Waals surface area (Å²) in [4.78, 5) is 16.1. The third kappa shape index (κ3) is 2.09. The predicted octanol–water partition coefficient (Wildman–Crippen LogP) is 1.79. The molecule has 0 saturated heterocycles. The Kier molecular flexibility index (Phi) is 3.53. The van der Waals surface area contributed by atoms with Crippen LogP contribution < -0.4 is 5.56 Å². The number of aromatic nitrogens is 2. The predicted molar refractivity (Wildman–Crippen MR) is 64.1 cm³/mol. The van der Waals surface area contributed by atoms with Crippen molar-refractivity contribution in [1.29, 1.82) is 0 Å². The van der Waals surface area contributed by atoms with Gasteiger partial charge in [-0.05, 0) is 12.8 Å². The summed E-state index contributed by atoms with van der Waals surface area (Å²) >= 11 is 1.53. The molecule has 0 amide bonds. The van der Waals surface area contributed by atoms with Gasteiger partial charge in [0.1, 0.15) is 0 Å². The van der Waals surface area contributed by atoms with E-state index in [1.807, 2.05) is 0 Å². The maximum Gasteiger partial charge on any atom is 0.261 e. The van der Waals surface area contributed by atoms with Gasteiger partial charge in [-0.25, -0.2) is 0 Å². The number of fused-ring (bicyclic) bond motifs is 1. The van der Waals surface area contributed by atoms with E-state index in [0.29, 0.717) is 23.7 Å². The highest BCUT2D eigenvalue weighted by atomic mass is 32.2. The molecule has 0 aromatic carbocycles. The van der Waals surface area contributed by atoms with Gasteiger partial charge < -0.3 is 5.11 Å². The van der Waals surface area contributed by atoms with Gasteiger partial charge in [-0.1, -0.05) is 31.5 Å². The van der Waals surface area contributed by atoms with Crippen molar-refractivity contribution in [3.8, 4) is 5.88 Å². The van der Waals surface area contributed by atoms with Crippen LogP contribution in [-0.2, 0) is 13.0 Å². The fraction of sp³-hybridized carbons (Fsp3) is 0.636. The molecule has 4 nitrogen and oxygen atoms in total. The van der Waals surface area contributed by atoms with E-state index < -0.39 is 0 Å². The molecule has 1 aromatic rings. The van der Waals surface area contributed by atoms with Gasteiger partial charge in [0.25, 0.3) is 5.56 Å². The Morgan fingerprint density at radius 1 is 1.50 bits per heavy atom. The molecule has 0 saturated carbocycles. The molecule has 0 fully saturated rings. The zero-order valence-corrected chi connectivity index (χ0v) is 10.2. The summed E-state index contributed by atoms with van der Waals surface area (Å²) in [7, 11) is 0. The number of thioether (sulfide) groups is 1. The van der Waals surface area contributed by atoms with Crippen LogP contribution in [-0.4, -0.2) is 20.4 Å². The molecule has 2 heterocycles. The van der Waals surface area contributed by atoms with Crippen LogP contribution in [0.5, 0.6) is 5.88 Å². The molecule has 1 aromatic heterocycles. The van der Waals surface area contributed by atoms with Crippen LogP contribution in [0.4, 0.5) is 0 Å². The fourth-order valence-corrected chi connectivity index (χ4v) is 2.81. The molecule has 1 aliphatic rings. The smallest absolute Gasteiger partial charge is 0.261 e. The van der Waals surface area contributed by atoms with Gasteiger partial charge in [-0.3, -0.25) is 9.36 Å². The van der Waals surface area contributed by atoms with Gasteiger partial charge in [0, 0.05) is 12.3 Å². The molecule has 0 aliphatic carbocycles. The Bertz CT molecular complexity index is 442. The molecule has 0 radical (unpaired) electrons.